The minimum absolute atomic E-state index is 0.393. The number of para-hydroxylation sites is 2. The maximum absolute atomic E-state index is 15.0. The average Bonchev–Trinajstić information content (AvgIpc) is 3.89. The molecule has 0 aliphatic carbocycles. The summed E-state index contributed by atoms with van der Waals surface area (Å²) < 4.78 is 91.0. The quantitative estimate of drug-likeness (QED) is 0.134. The zero-order chi connectivity index (χ0) is 47.6. The average molecular weight is 927 g/mol. The van der Waals surface area contributed by atoms with Crippen LogP contribution in [0.5, 0.6) is 0 Å². The lowest BCUT2D eigenvalue weighted by molar-refractivity contribution is 0.508. The van der Waals surface area contributed by atoms with Gasteiger partial charge in [0, 0.05) is 79.2 Å². The first-order valence-corrected chi connectivity index (χ1v) is 22.5. The van der Waals surface area contributed by atoms with Crippen molar-refractivity contribution in [1.29, 1.82) is 0 Å². The van der Waals surface area contributed by atoms with Gasteiger partial charge in [0.2, 0.25) is 0 Å². The number of hydrogen-bond donors (Lipinski definition) is 0. The molecular formula is C60H36F6N4. The minimum Gasteiger partial charge on any atom is -0.310 e. The van der Waals surface area contributed by atoms with Crippen molar-refractivity contribution in [2.24, 2.45) is 0 Å². The number of nitrogens with zero attached hydrogens (tertiary/aromatic N) is 4. The molecule has 0 saturated heterocycles. The molecule has 0 N–H and O–H groups in total. The molecule has 4 nitrogen and oxygen atoms in total. The van der Waals surface area contributed by atoms with Crippen LogP contribution in [0.2, 0.25) is 0 Å². The molecule has 0 spiro atoms. The van der Waals surface area contributed by atoms with Crippen LogP contribution in [0, 0.1) is 34.9 Å². The van der Waals surface area contributed by atoms with Gasteiger partial charge in [-0.25, -0.2) is 26.3 Å². The topological polar surface area (TPSA) is 16.3 Å². The number of fused-ring (bicyclic) bond motifs is 6. The highest BCUT2D eigenvalue weighted by molar-refractivity contribution is 6.12. The molecule has 12 rings (SSSR count). The lowest BCUT2D eigenvalue weighted by atomic mass is 10.0. The number of halogens is 6. The summed E-state index contributed by atoms with van der Waals surface area (Å²) in [6, 6.07) is 63.8. The Hall–Kier alpha value is -9.02. The number of hydrogen-bond acceptors (Lipinski definition) is 2. The molecule has 0 saturated carbocycles. The smallest absolute Gasteiger partial charge is 0.160 e. The van der Waals surface area contributed by atoms with E-state index in [0.717, 1.165) is 89.6 Å². The van der Waals surface area contributed by atoms with Gasteiger partial charge in [-0.15, -0.1) is 0 Å². The van der Waals surface area contributed by atoms with Gasteiger partial charge < -0.3 is 18.9 Å². The van der Waals surface area contributed by atoms with Crippen molar-refractivity contribution in [3.8, 4) is 22.5 Å². The lowest BCUT2D eigenvalue weighted by Crippen LogP contribution is -2.10. The van der Waals surface area contributed by atoms with Crippen molar-refractivity contribution in [1.82, 2.24) is 9.13 Å². The van der Waals surface area contributed by atoms with Crippen LogP contribution < -0.4 is 9.80 Å². The minimum atomic E-state index is -0.941. The summed E-state index contributed by atoms with van der Waals surface area (Å²) in [6.07, 6.45) is 0. The molecule has 0 radical (unpaired) electrons. The highest BCUT2D eigenvalue weighted by atomic mass is 19.2. The Balaban J connectivity index is 0.912. The second-order valence-corrected chi connectivity index (χ2v) is 17.0. The highest BCUT2D eigenvalue weighted by Gasteiger charge is 2.21. The predicted octanol–water partition coefficient (Wildman–Crippen LogP) is 17.3. The maximum Gasteiger partial charge on any atom is 0.160 e. The molecule has 2 heterocycles. The Bertz CT molecular complexity index is 3730. The predicted molar refractivity (Wildman–Crippen MR) is 270 cm³/mol. The summed E-state index contributed by atoms with van der Waals surface area (Å²) in [7, 11) is 0. The Kier molecular flexibility index (Phi) is 10.2. The molecule has 0 aliphatic heterocycles. The van der Waals surface area contributed by atoms with Crippen LogP contribution in [-0.4, -0.2) is 9.13 Å². The fraction of sp³-hybridized carbons (Fsp3) is 0. The van der Waals surface area contributed by atoms with Crippen molar-refractivity contribution in [3.05, 3.63) is 253 Å². The molecular weight excluding hydrogens is 891 g/mol. The van der Waals surface area contributed by atoms with Gasteiger partial charge in [-0.2, -0.15) is 0 Å². The van der Waals surface area contributed by atoms with Crippen LogP contribution in [0.15, 0.2) is 218 Å². The molecule has 10 aromatic carbocycles. The fourth-order valence-corrected chi connectivity index (χ4v) is 9.74. The maximum atomic E-state index is 15.0. The van der Waals surface area contributed by atoms with E-state index in [9.17, 15) is 26.3 Å². The first-order valence-electron chi connectivity index (χ1n) is 22.5. The number of rotatable bonds is 9. The second kappa shape index (κ2) is 16.9. The third-order valence-electron chi connectivity index (χ3n) is 12.9. The third kappa shape index (κ3) is 7.28. The molecule has 12 aromatic rings. The molecule has 338 valence electrons. The first kappa shape index (κ1) is 42.3. The van der Waals surface area contributed by atoms with Crippen LogP contribution >= 0.6 is 0 Å². The zero-order valence-electron chi connectivity index (χ0n) is 36.8. The van der Waals surface area contributed by atoms with Gasteiger partial charge in [0.15, 0.2) is 23.3 Å². The molecule has 0 bridgehead atoms. The molecule has 0 unspecified atom stereocenters. The molecule has 0 atom stereocenters. The first-order chi connectivity index (χ1) is 34.2. The van der Waals surface area contributed by atoms with Gasteiger partial charge in [-0.3, -0.25) is 0 Å². The van der Waals surface area contributed by atoms with E-state index in [2.05, 4.69) is 0 Å². The van der Waals surface area contributed by atoms with Crippen LogP contribution in [0.3, 0.4) is 0 Å². The van der Waals surface area contributed by atoms with Gasteiger partial charge in [-0.1, -0.05) is 72.8 Å². The monoisotopic (exact) mass is 926 g/mol. The molecule has 10 heteroatoms. The van der Waals surface area contributed by atoms with E-state index in [4.69, 9.17) is 0 Å². The van der Waals surface area contributed by atoms with Crippen LogP contribution in [-0.2, 0) is 0 Å². The van der Waals surface area contributed by atoms with E-state index >= 15 is 0 Å². The van der Waals surface area contributed by atoms with E-state index in [1.54, 1.807) is 24.3 Å². The van der Waals surface area contributed by atoms with Crippen LogP contribution in [0.4, 0.5) is 60.5 Å². The van der Waals surface area contributed by atoms with Gasteiger partial charge in [-0.05, 0) is 145 Å². The van der Waals surface area contributed by atoms with E-state index in [1.165, 1.54) is 36.4 Å². The summed E-state index contributed by atoms with van der Waals surface area (Å²) in [4.78, 5) is 3.95. The fourth-order valence-electron chi connectivity index (χ4n) is 9.74. The van der Waals surface area contributed by atoms with Gasteiger partial charge in [0.1, 0.15) is 11.6 Å². The van der Waals surface area contributed by atoms with E-state index in [-0.39, 0.29) is 0 Å². The van der Waals surface area contributed by atoms with Gasteiger partial charge >= 0.3 is 0 Å². The third-order valence-corrected chi connectivity index (χ3v) is 12.9. The second-order valence-electron chi connectivity index (χ2n) is 17.0. The Morgan fingerprint density at radius 2 is 0.629 bits per heavy atom. The van der Waals surface area contributed by atoms with Crippen LogP contribution in [0.25, 0.3) is 66.1 Å². The Labute approximate surface area is 397 Å². The van der Waals surface area contributed by atoms with Crippen molar-refractivity contribution in [2.75, 3.05) is 9.80 Å². The lowest BCUT2D eigenvalue weighted by Gasteiger charge is -2.26. The molecule has 2 aromatic heterocycles. The molecule has 0 aliphatic rings. The van der Waals surface area contributed by atoms with Gasteiger partial charge in [0.05, 0.1) is 22.1 Å². The molecule has 0 amide bonds. The van der Waals surface area contributed by atoms with E-state index in [0.29, 0.717) is 22.7 Å². The number of anilines is 6. The summed E-state index contributed by atoms with van der Waals surface area (Å²) in [5.41, 5.74) is 10.3. The highest BCUT2D eigenvalue weighted by Crippen LogP contribution is 2.43. The summed E-state index contributed by atoms with van der Waals surface area (Å²) in [6.45, 7) is 0. The number of aromatic nitrogens is 2. The SMILES string of the molecule is Fc1cccc(N(c2ccc(-c3ccc(N(c4cccc(F)c4)c4ccc5c(c4)c4ccccc4n5-c4ccc(F)c(F)c4)cc3)cc2)c2ccc3c(c2)c2ccccc2n3-c2ccc(F)c(F)c2)c1. The summed E-state index contributed by atoms with van der Waals surface area (Å²) in [5, 5.41) is 3.56. The molecule has 0 fully saturated rings. The van der Waals surface area contributed by atoms with Crippen LogP contribution in [0.1, 0.15) is 0 Å². The largest absolute Gasteiger partial charge is 0.310 e. The van der Waals surface area contributed by atoms with E-state index in [1.807, 2.05) is 165 Å². The standard InChI is InChI=1S/C60H36F6N4/c61-39-7-5-9-43(31-39)67(45-25-29-59-51(33-45)49-11-1-3-13-57(49)69(59)47-23-27-53(63)55(65)35-47)41-19-15-37(16-20-41)38-17-21-42(22-18-38)68(44-10-6-8-40(62)32-44)46-26-30-60-52(34-46)50-12-2-4-14-58(50)70(60)48-24-28-54(64)56(66)36-48/h1-36H. The van der Waals surface area contributed by atoms with Crippen molar-refractivity contribution in [3.63, 3.8) is 0 Å². The van der Waals surface area contributed by atoms with Crippen molar-refractivity contribution < 1.29 is 26.3 Å². The summed E-state index contributed by atoms with van der Waals surface area (Å²) in [5.74, 6) is -4.52. The van der Waals surface area contributed by atoms with Gasteiger partial charge in [0.25, 0.3) is 0 Å². The normalized spacial score (nSPS) is 11.6. The van der Waals surface area contributed by atoms with E-state index < -0.39 is 34.9 Å². The Morgan fingerprint density at radius 1 is 0.257 bits per heavy atom. The van der Waals surface area contributed by atoms with Crippen molar-refractivity contribution >= 4 is 77.7 Å². The molecule has 70 heavy (non-hydrogen) atoms. The van der Waals surface area contributed by atoms with Crippen molar-refractivity contribution in [2.45, 2.75) is 0 Å². The number of benzene rings is 10. The zero-order valence-corrected chi connectivity index (χ0v) is 36.8. The summed E-state index contributed by atoms with van der Waals surface area (Å²) >= 11 is 0. The Morgan fingerprint density at radius 3 is 1.03 bits per heavy atom.